The monoisotopic (exact) mass is 350 g/mol. The third-order valence-corrected chi connectivity index (χ3v) is 3.17. The van der Waals surface area contributed by atoms with Gasteiger partial charge in [0.1, 0.15) is 11.6 Å². The molecule has 0 fully saturated rings. The fraction of sp³-hybridized carbons (Fsp3) is 0. The molecular formula is C10H5F2IN2S. The van der Waals surface area contributed by atoms with E-state index in [-0.39, 0.29) is 4.90 Å². The maximum atomic E-state index is 13.3. The number of rotatable bonds is 2. The highest BCUT2D eigenvalue weighted by atomic mass is 127. The van der Waals surface area contributed by atoms with Crippen LogP contribution in [0.5, 0.6) is 0 Å². The van der Waals surface area contributed by atoms with Crippen molar-refractivity contribution in [2.75, 3.05) is 0 Å². The van der Waals surface area contributed by atoms with E-state index in [2.05, 4.69) is 32.6 Å². The molecule has 16 heavy (non-hydrogen) atoms. The van der Waals surface area contributed by atoms with Gasteiger partial charge in [-0.15, -0.1) is 0 Å². The van der Waals surface area contributed by atoms with E-state index in [9.17, 15) is 8.78 Å². The molecule has 2 rings (SSSR count). The van der Waals surface area contributed by atoms with Crippen LogP contribution in [0.3, 0.4) is 0 Å². The summed E-state index contributed by atoms with van der Waals surface area (Å²) < 4.78 is 27.1. The maximum Gasteiger partial charge on any atom is 0.192 e. The second-order valence-corrected chi connectivity index (χ2v) is 5.12. The Morgan fingerprint density at radius 1 is 1.12 bits per heavy atom. The first-order valence-corrected chi connectivity index (χ1v) is 6.15. The molecule has 0 bridgehead atoms. The summed E-state index contributed by atoms with van der Waals surface area (Å²) >= 11 is 3.07. The zero-order chi connectivity index (χ0) is 11.5. The van der Waals surface area contributed by atoms with Gasteiger partial charge in [0.2, 0.25) is 0 Å². The molecular weight excluding hydrogens is 345 g/mol. The lowest BCUT2D eigenvalue weighted by atomic mass is 10.3. The van der Waals surface area contributed by atoms with E-state index in [1.54, 1.807) is 12.4 Å². The van der Waals surface area contributed by atoms with Crippen molar-refractivity contribution in [2.45, 2.75) is 10.1 Å². The molecule has 0 aliphatic carbocycles. The second-order valence-electron chi connectivity index (χ2n) is 2.86. The molecule has 0 N–H and O–H groups in total. The normalized spacial score (nSPS) is 10.4. The molecule has 82 valence electrons. The standard InChI is InChI=1S/C10H5F2IN2S/c11-6-1-2-8(12)9(3-6)16-10-14-4-7(13)5-15-10/h1-5H. The SMILES string of the molecule is Fc1ccc(F)c(Sc2ncc(I)cn2)c1. The molecule has 0 spiro atoms. The van der Waals surface area contributed by atoms with Crippen molar-refractivity contribution in [1.29, 1.82) is 0 Å². The zero-order valence-corrected chi connectivity index (χ0v) is 10.8. The van der Waals surface area contributed by atoms with Crippen LogP contribution in [0.15, 0.2) is 40.6 Å². The molecule has 0 radical (unpaired) electrons. The largest absolute Gasteiger partial charge is 0.230 e. The average molecular weight is 350 g/mol. The predicted molar refractivity (Wildman–Crippen MR) is 65.2 cm³/mol. The summed E-state index contributed by atoms with van der Waals surface area (Å²) in [7, 11) is 0. The lowest BCUT2D eigenvalue weighted by Gasteiger charge is -2.01. The second kappa shape index (κ2) is 5.05. The van der Waals surface area contributed by atoms with E-state index in [1.165, 1.54) is 0 Å². The molecule has 0 saturated carbocycles. The van der Waals surface area contributed by atoms with Crippen molar-refractivity contribution < 1.29 is 8.78 Å². The fourth-order valence-corrected chi connectivity index (χ4v) is 2.03. The first kappa shape index (κ1) is 11.7. The third kappa shape index (κ3) is 2.88. The lowest BCUT2D eigenvalue weighted by molar-refractivity contribution is 0.577. The highest BCUT2D eigenvalue weighted by Crippen LogP contribution is 2.27. The topological polar surface area (TPSA) is 25.8 Å². The van der Waals surface area contributed by atoms with E-state index >= 15 is 0 Å². The number of halogens is 3. The van der Waals surface area contributed by atoms with Gasteiger partial charge in [-0.2, -0.15) is 0 Å². The Labute approximate surface area is 109 Å². The molecule has 0 aliphatic heterocycles. The minimum absolute atomic E-state index is 0.182. The summed E-state index contributed by atoms with van der Waals surface area (Å²) in [6, 6.07) is 3.29. The van der Waals surface area contributed by atoms with Crippen LogP contribution in [-0.4, -0.2) is 9.97 Å². The van der Waals surface area contributed by atoms with Crippen LogP contribution < -0.4 is 0 Å². The lowest BCUT2D eigenvalue weighted by Crippen LogP contribution is -1.89. The molecule has 0 aliphatic rings. The molecule has 1 aromatic heterocycles. The van der Waals surface area contributed by atoms with E-state index in [4.69, 9.17) is 0 Å². The Balaban J connectivity index is 2.26. The van der Waals surface area contributed by atoms with Gasteiger partial charge in [0, 0.05) is 16.0 Å². The van der Waals surface area contributed by atoms with Crippen LogP contribution in [0, 0.1) is 15.2 Å². The Hall–Kier alpha value is -0.760. The molecule has 0 atom stereocenters. The molecule has 6 heteroatoms. The number of aromatic nitrogens is 2. The number of hydrogen-bond acceptors (Lipinski definition) is 3. The zero-order valence-electron chi connectivity index (χ0n) is 7.82. The van der Waals surface area contributed by atoms with Gasteiger partial charge in [-0.3, -0.25) is 0 Å². The Morgan fingerprint density at radius 3 is 2.50 bits per heavy atom. The maximum absolute atomic E-state index is 13.3. The van der Waals surface area contributed by atoms with Gasteiger partial charge >= 0.3 is 0 Å². The number of benzene rings is 1. The third-order valence-electron chi connectivity index (χ3n) is 1.69. The van der Waals surface area contributed by atoms with Crippen molar-refractivity contribution in [1.82, 2.24) is 9.97 Å². The summed E-state index contributed by atoms with van der Waals surface area (Å²) in [4.78, 5) is 8.18. The molecule has 1 aromatic carbocycles. The number of hydrogen-bond donors (Lipinski definition) is 0. The van der Waals surface area contributed by atoms with Gasteiger partial charge in [-0.1, -0.05) is 0 Å². The van der Waals surface area contributed by atoms with Crippen LogP contribution in [0.1, 0.15) is 0 Å². The van der Waals surface area contributed by atoms with Crippen molar-refractivity contribution in [2.24, 2.45) is 0 Å². The summed E-state index contributed by atoms with van der Waals surface area (Å²) in [5, 5.41) is 0.393. The Bertz CT molecular complexity index is 505. The summed E-state index contributed by atoms with van der Waals surface area (Å²) in [5.74, 6) is -0.956. The average Bonchev–Trinajstić information content (AvgIpc) is 2.27. The highest BCUT2D eigenvalue weighted by molar-refractivity contribution is 14.1. The first-order chi connectivity index (χ1) is 7.65. The van der Waals surface area contributed by atoms with E-state index in [1.807, 2.05) is 0 Å². The van der Waals surface area contributed by atoms with Crippen LogP contribution in [0.2, 0.25) is 0 Å². The summed E-state index contributed by atoms with van der Waals surface area (Å²) in [6.45, 7) is 0. The van der Waals surface area contributed by atoms with Gasteiger partial charge in [0.25, 0.3) is 0 Å². The predicted octanol–water partition coefficient (Wildman–Crippen LogP) is 3.51. The highest BCUT2D eigenvalue weighted by Gasteiger charge is 2.07. The Kier molecular flexibility index (Phi) is 3.70. The fourth-order valence-electron chi connectivity index (χ4n) is 1.01. The van der Waals surface area contributed by atoms with Crippen molar-refractivity contribution in [3.63, 3.8) is 0 Å². The minimum atomic E-state index is -0.478. The summed E-state index contributed by atoms with van der Waals surface area (Å²) in [6.07, 6.45) is 3.24. The summed E-state index contributed by atoms with van der Waals surface area (Å²) in [5.41, 5.74) is 0. The van der Waals surface area contributed by atoms with Crippen molar-refractivity contribution >= 4 is 34.4 Å². The van der Waals surface area contributed by atoms with Crippen LogP contribution in [0.25, 0.3) is 0 Å². The van der Waals surface area contributed by atoms with Crippen molar-refractivity contribution in [3.05, 3.63) is 45.8 Å². The molecule has 1 heterocycles. The van der Waals surface area contributed by atoms with Crippen molar-refractivity contribution in [3.8, 4) is 0 Å². The van der Waals surface area contributed by atoms with Crippen LogP contribution in [-0.2, 0) is 0 Å². The molecule has 0 amide bonds. The molecule has 0 unspecified atom stereocenters. The van der Waals surface area contributed by atoms with Crippen LogP contribution >= 0.6 is 34.4 Å². The van der Waals surface area contributed by atoms with E-state index in [0.29, 0.717) is 5.16 Å². The van der Waals surface area contributed by atoms with Gasteiger partial charge in [-0.25, -0.2) is 18.7 Å². The van der Waals surface area contributed by atoms with E-state index in [0.717, 1.165) is 33.5 Å². The minimum Gasteiger partial charge on any atom is -0.230 e. The Morgan fingerprint density at radius 2 is 1.81 bits per heavy atom. The molecule has 2 aromatic rings. The molecule has 2 nitrogen and oxygen atoms in total. The van der Waals surface area contributed by atoms with Gasteiger partial charge < -0.3 is 0 Å². The van der Waals surface area contributed by atoms with Gasteiger partial charge in [0.15, 0.2) is 5.16 Å². The quantitative estimate of drug-likeness (QED) is 0.612. The van der Waals surface area contributed by atoms with Gasteiger partial charge in [-0.05, 0) is 52.6 Å². The first-order valence-electron chi connectivity index (χ1n) is 4.25. The van der Waals surface area contributed by atoms with Crippen LogP contribution in [0.4, 0.5) is 8.78 Å². The van der Waals surface area contributed by atoms with Gasteiger partial charge in [0.05, 0.1) is 4.90 Å². The smallest absolute Gasteiger partial charge is 0.192 e. The van der Waals surface area contributed by atoms with E-state index < -0.39 is 11.6 Å². The number of nitrogens with zero attached hydrogens (tertiary/aromatic N) is 2. The molecule has 0 saturated heterocycles.